The number of rotatable bonds is 4. The van der Waals surface area contributed by atoms with Gasteiger partial charge in [-0.3, -0.25) is 9.69 Å². The van der Waals surface area contributed by atoms with Crippen molar-refractivity contribution in [1.29, 1.82) is 0 Å². The average molecular weight is 336 g/mol. The van der Waals surface area contributed by atoms with E-state index in [2.05, 4.69) is 10.2 Å². The summed E-state index contributed by atoms with van der Waals surface area (Å²) in [6.45, 7) is 2.75. The molecule has 1 saturated heterocycles. The lowest BCUT2D eigenvalue weighted by molar-refractivity contribution is -0.117. The van der Waals surface area contributed by atoms with Gasteiger partial charge in [-0.2, -0.15) is 0 Å². The molecule has 3 N–H and O–H groups in total. The number of nitrogens with one attached hydrogen (secondary N) is 1. The number of piperidine rings is 1. The Kier molecular flexibility index (Phi) is 7.39. The highest BCUT2D eigenvalue weighted by atomic mass is 35.5. The third-order valence-corrected chi connectivity index (χ3v) is 3.80. The smallest absolute Gasteiger partial charge is 0.238 e. The Labute approximate surface area is 135 Å². The fourth-order valence-corrected chi connectivity index (χ4v) is 2.65. The van der Waals surface area contributed by atoms with Crippen molar-refractivity contribution in [2.24, 2.45) is 11.7 Å². The highest BCUT2D eigenvalue weighted by Crippen LogP contribution is 2.19. The van der Waals surface area contributed by atoms with Crippen molar-refractivity contribution in [3.05, 3.63) is 29.0 Å². The Bertz CT molecular complexity index is 487. The summed E-state index contributed by atoms with van der Waals surface area (Å²) in [6.07, 6.45) is 2.19. The molecule has 7 heteroatoms. The summed E-state index contributed by atoms with van der Waals surface area (Å²) in [5.74, 6) is -0.145. The van der Waals surface area contributed by atoms with Crippen LogP contribution in [0.5, 0.6) is 0 Å². The van der Waals surface area contributed by atoms with Crippen LogP contribution in [0.2, 0.25) is 5.02 Å². The molecule has 1 aliphatic rings. The molecule has 0 aromatic heterocycles. The zero-order valence-electron chi connectivity index (χ0n) is 11.6. The van der Waals surface area contributed by atoms with Crippen LogP contribution in [0, 0.1) is 11.7 Å². The van der Waals surface area contributed by atoms with E-state index in [0.29, 0.717) is 24.7 Å². The molecule has 0 bridgehead atoms. The van der Waals surface area contributed by atoms with Gasteiger partial charge in [0.05, 0.1) is 11.6 Å². The molecule has 1 fully saturated rings. The summed E-state index contributed by atoms with van der Waals surface area (Å²) in [5, 5.41) is 2.73. The van der Waals surface area contributed by atoms with Gasteiger partial charge in [-0.1, -0.05) is 11.6 Å². The number of carbonyl (C=O) groups excluding carboxylic acids is 1. The number of nitrogens with two attached hydrogens (primary N) is 1. The maximum Gasteiger partial charge on any atom is 0.238 e. The number of halogens is 3. The normalized spacial score (nSPS) is 18.9. The summed E-state index contributed by atoms with van der Waals surface area (Å²) in [4.78, 5) is 14.0. The molecule has 1 atom stereocenters. The number of hydrogen-bond acceptors (Lipinski definition) is 3. The first kappa shape index (κ1) is 18.2. The van der Waals surface area contributed by atoms with Crippen molar-refractivity contribution >= 4 is 35.6 Å². The Morgan fingerprint density at radius 3 is 2.95 bits per heavy atom. The summed E-state index contributed by atoms with van der Waals surface area (Å²) >= 11 is 5.68. The monoisotopic (exact) mass is 335 g/mol. The fraction of sp³-hybridized carbons (Fsp3) is 0.500. The molecule has 1 heterocycles. The van der Waals surface area contributed by atoms with Gasteiger partial charge in [0.15, 0.2) is 0 Å². The Morgan fingerprint density at radius 1 is 1.52 bits per heavy atom. The van der Waals surface area contributed by atoms with Gasteiger partial charge < -0.3 is 11.1 Å². The molecule has 2 rings (SSSR count). The molecule has 1 aliphatic heterocycles. The van der Waals surface area contributed by atoms with E-state index in [0.717, 1.165) is 25.9 Å². The maximum absolute atomic E-state index is 13.0. The molecule has 118 valence electrons. The largest absolute Gasteiger partial charge is 0.330 e. The third kappa shape index (κ3) is 5.43. The second kappa shape index (κ2) is 8.54. The molecule has 1 unspecified atom stereocenters. The Hall–Kier alpha value is -0.880. The van der Waals surface area contributed by atoms with E-state index in [-0.39, 0.29) is 23.3 Å². The topological polar surface area (TPSA) is 58.4 Å². The van der Waals surface area contributed by atoms with E-state index in [1.54, 1.807) is 0 Å². The SMILES string of the molecule is Cl.NCC1CCCN(CC(=O)Nc2ccc(F)c(Cl)c2)C1. The lowest BCUT2D eigenvalue weighted by atomic mass is 9.98. The number of anilines is 1. The quantitative estimate of drug-likeness (QED) is 0.888. The number of nitrogens with zero attached hydrogens (tertiary/aromatic N) is 1. The number of likely N-dealkylation sites (tertiary alicyclic amines) is 1. The van der Waals surface area contributed by atoms with Crippen molar-refractivity contribution in [2.75, 3.05) is 31.5 Å². The predicted octanol–water partition coefficient (Wildman–Crippen LogP) is 2.51. The highest BCUT2D eigenvalue weighted by Gasteiger charge is 2.20. The van der Waals surface area contributed by atoms with Crippen LogP contribution in [0.25, 0.3) is 0 Å². The number of benzene rings is 1. The summed E-state index contributed by atoms with van der Waals surface area (Å²) in [6, 6.07) is 4.15. The van der Waals surface area contributed by atoms with Gasteiger partial charge >= 0.3 is 0 Å². The summed E-state index contributed by atoms with van der Waals surface area (Å²) < 4.78 is 13.0. The van der Waals surface area contributed by atoms with Crippen molar-refractivity contribution < 1.29 is 9.18 Å². The Morgan fingerprint density at radius 2 is 2.29 bits per heavy atom. The Balaban J connectivity index is 0.00000220. The van der Waals surface area contributed by atoms with E-state index in [4.69, 9.17) is 17.3 Å². The first-order valence-electron chi connectivity index (χ1n) is 6.76. The number of amides is 1. The van der Waals surface area contributed by atoms with Crippen LogP contribution in [0.3, 0.4) is 0 Å². The molecule has 21 heavy (non-hydrogen) atoms. The van der Waals surface area contributed by atoms with Crippen molar-refractivity contribution in [3.8, 4) is 0 Å². The second-order valence-electron chi connectivity index (χ2n) is 5.16. The zero-order valence-corrected chi connectivity index (χ0v) is 13.2. The van der Waals surface area contributed by atoms with Crippen LogP contribution in [0.15, 0.2) is 18.2 Å². The zero-order chi connectivity index (χ0) is 14.5. The number of hydrogen-bond donors (Lipinski definition) is 2. The van der Waals surface area contributed by atoms with E-state index < -0.39 is 5.82 Å². The minimum Gasteiger partial charge on any atom is -0.330 e. The molecular weight excluding hydrogens is 316 g/mol. The van der Waals surface area contributed by atoms with E-state index >= 15 is 0 Å². The predicted molar refractivity (Wildman–Crippen MR) is 85.5 cm³/mol. The summed E-state index contributed by atoms with van der Waals surface area (Å²) in [7, 11) is 0. The van der Waals surface area contributed by atoms with Crippen LogP contribution in [-0.2, 0) is 4.79 Å². The number of carbonyl (C=O) groups is 1. The maximum atomic E-state index is 13.0. The van der Waals surface area contributed by atoms with Crippen molar-refractivity contribution in [2.45, 2.75) is 12.8 Å². The molecule has 4 nitrogen and oxygen atoms in total. The van der Waals surface area contributed by atoms with Crippen molar-refractivity contribution in [3.63, 3.8) is 0 Å². The van der Waals surface area contributed by atoms with Gasteiger partial charge in [-0.05, 0) is 50.0 Å². The van der Waals surface area contributed by atoms with Crippen LogP contribution in [0.1, 0.15) is 12.8 Å². The van der Waals surface area contributed by atoms with Crippen LogP contribution < -0.4 is 11.1 Å². The van der Waals surface area contributed by atoms with Gasteiger partial charge in [-0.15, -0.1) is 12.4 Å². The van der Waals surface area contributed by atoms with Crippen LogP contribution in [-0.4, -0.2) is 37.0 Å². The lowest BCUT2D eigenvalue weighted by Crippen LogP contribution is -2.42. The first-order chi connectivity index (χ1) is 9.58. The standard InChI is InChI=1S/C14H19ClFN3O.ClH/c15-12-6-11(3-4-13(12)16)18-14(20)9-19-5-1-2-10(7-17)8-19;/h3-4,6,10H,1-2,5,7-9,17H2,(H,18,20);1H. The van der Waals surface area contributed by atoms with Crippen molar-refractivity contribution in [1.82, 2.24) is 4.90 Å². The third-order valence-electron chi connectivity index (χ3n) is 3.51. The molecule has 1 aromatic carbocycles. The molecule has 0 spiro atoms. The lowest BCUT2D eigenvalue weighted by Gasteiger charge is -2.31. The highest BCUT2D eigenvalue weighted by molar-refractivity contribution is 6.31. The van der Waals surface area contributed by atoms with Gasteiger partial charge in [0, 0.05) is 12.2 Å². The van der Waals surface area contributed by atoms with E-state index in [9.17, 15) is 9.18 Å². The average Bonchev–Trinajstić information content (AvgIpc) is 2.43. The minimum absolute atomic E-state index is 0. The summed E-state index contributed by atoms with van der Waals surface area (Å²) in [5.41, 5.74) is 6.18. The van der Waals surface area contributed by atoms with Gasteiger partial charge in [0.1, 0.15) is 5.82 Å². The van der Waals surface area contributed by atoms with E-state index in [1.165, 1.54) is 18.2 Å². The molecule has 0 aliphatic carbocycles. The van der Waals surface area contributed by atoms with Gasteiger partial charge in [-0.25, -0.2) is 4.39 Å². The molecular formula is C14H20Cl2FN3O. The van der Waals surface area contributed by atoms with Crippen LogP contribution in [0.4, 0.5) is 10.1 Å². The van der Waals surface area contributed by atoms with E-state index in [1.807, 2.05) is 0 Å². The van der Waals surface area contributed by atoms with Gasteiger partial charge in [0.2, 0.25) is 5.91 Å². The molecule has 1 amide bonds. The van der Waals surface area contributed by atoms with Crippen LogP contribution >= 0.6 is 24.0 Å². The first-order valence-corrected chi connectivity index (χ1v) is 7.13. The fourth-order valence-electron chi connectivity index (χ4n) is 2.46. The second-order valence-corrected chi connectivity index (χ2v) is 5.56. The minimum atomic E-state index is -0.494. The molecule has 1 aromatic rings. The van der Waals surface area contributed by atoms with Gasteiger partial charge in [0.25, 0.3) is 0 Å². The molecule has 0 saturated carbocycles. The molecule has 0 radical (unpaired) electrons.